The maximum absolute atomic E-state index is 12.4. The van der Waals surface area contributed by atoms with Gasteiger partial charge in [0.1, 0.15) is 0 Å². The Balaban J connectivity index is 3.10. The summed E-state index contributed by atoms with van der Waals surface area (Å²) in [6.45, 7) is 12.0. The summed E-state index contributed by atoms with van der Waals surface area (Å²) in [6, 6.07) is 0. The van der Waals surface area contributed by atoms with Gasteiger partial charge in [-0.15, -0.1) is 6.58 Å². The second-order valence-electron chi connectivity index (χ2n) is 5.19. The number of anilines is 1. The summed E-state index contributed by atoms with van der Waals surface area (Å²) >= 11 is 0. The average molecular weight is 250 g/mol. The number of carbonyl (C=O) groups excluding carboxylic acids is 1. The maximum Gasteiger partial charge on any atom is 0.277 e. The fourth-order valence-corrected chi connectivity index (χ4v) is 1.74. The minimum absolute atomic E-state index is 0.171. The lowest BCUT2D eigenvalue weighted by molar-refractivity contribution is 0.0611. The molecule has 0 bridgehead atoms. The van der Waals surface area contributed by atoms with Crippen LogP contribution in [0.15, 0.2) is 12.7 Å². The molecule has 1 amide bonds. The molecule has 0 aliphatic carbocycles. The first-order valence-electron chi connectivity index (χ1n) is 6.08. The van der Waals surface area contributed by atoms with Gasteiger partial charge in [-0.1, -0.05) is 13.0 Å². The van der Waals surface area contributed by atoms with Crippen molar-refractivity contribution in [2.24, 2.45) is 0 Å². The van der Waals surface area contributed by atoms with Crippen molar-refractivity contribution in [2.75, 3.05) is 12.3 Å². The second kappa shape index (κ2) is 5.25. The highest BCUT2D eigenvalue weighted by Gasteiger charge is 2.29. The van der Waals surface area contributed by atoms with Gasteiger partial charge in [-0.05, 0) is 27.2 Å². The lowest BCUT2D eigenvalue weighted by Crippen LogP contribution is -2.46. The van der Waals surface area contributed by atoms with E-state index in [-0.39, 0.29) is 11.4 Å². The Bertz CT molecular complexity index is 442. The van der Waals surface area contributed by atoms with E-state index in [9.17, 15) is 4.79 Å². The fraction of sp³-hybridized carbons (Fsp3) is 0.538. The van der Waals surface area contributed by atoms with Gasteiger partial charge >= 0.3 is 0 Å². The number of aromatic nitrogens is 2. The molecule has 1 aromatic rings. The van der Waals surface area contributed by atoms with E-state index in [4.69, 9.17) is 5.73 Å². The van der Waals surface area contributed by atoms with Crippen LogP contribution in [0.5, 0.6) is 0 Å². The van der Waals surface area contributed by atoms with E-state index in [0.29, 0.717) is 17.9 Å². The van der Waals surface area contributed by atoms with E-state index >= 15 is 0 Å². The van der Waals surface area contributed by atoms with Gasteiger partial charge < -0.3 is 10.6 Å². The Morgan fingerprint density at radius 2 is 2.17 bits per heavy atom. The Morgan fingerprint density at radius 1 is 1.56 bits per heavy atom. The molecule has 5 nitrogen and oxygen atoms in total. The van der Waals surface area contributed by atoms with E-state index in [2.05, 4.69) is 16.8 Å². The normalized spacial score (nSPS) is 11.3. The van der Waals surface area contributed by atoms with Crippen molar-refractivity contribution in [3.63, 3.8) is 0 Å². The summed E-state index contributed by atoms with van der Waals surface area (Å²) in [4.78, 5) is 14.1. The number of amides is 1. The van der Waals surface area contributed by atoms with Crippen molar-refractivity contribution in [1.29, 1.82) is 0 Å². The summed E-state index contributed by atoms with van der Waals surface area (Å²) < 4.78 is 0. The molecule has 1 heterocycles. The highest BCUT2D eigenvalue weighted by atomic mass is 16.2. The van der Waals surface area contributed by atoms with Gasteiger partial charge in [0.2, 0.25) is 0 Å². The molecule has 0 atom stereocenters. The number of nitrogens with two attached hydrogens (primary N) is 1. The zero-order valence-corrected chi connectivity index (χ0v) is 11.6. The van der Waals surface area contributed by atoms with Crippen LogP contribution in [0.25, 0.3) is 0 Å². The lowest BCUT2D eigenvalue weighted by Gasteiger charge is -2.34. The van der Waals surface area contributed by atoms with Crippen molar-refractivity contribution >= 4 is 11.6 Å². The van der Waals surface area contributed by atoms with Gasteiger partial charge in [0.25, 0.3) is 5.91 Å². The summed E-state index contributed by atoms with van der Waals surface area (Å²) in [7, 11) is 0. The third-order valence-electron chi connectivity index (χ3n) is 2.81. The largest absolute Gasteiger partial charge is 0.395 e. The molecule has 3 N–H and O–H groups in total. The van der Waals surface area contributed by atoms with E-state index in [1.54, 1.807) is 11.0 Å². The quantitative estimate of drug-likeness (QED) is 0.802. The second-order valence-corrected chi connectivity index (χ2v) is 5.19. The van der Waals surface area contributed by atoms with Crippen LogP contribution in [0.3, 0.4) is 0 Å². The van der Waals surface area contributed by atoms with Gasteiger partial charge in [0, 0.05) is 12.1 Å². The van der Waals surface area contributed by atoms with Gasteiger partial charge in [0.15, 0.2) is 5.69 Å². The standard InChI is InChI=1S/C13H22N4O/c1-6-8-17(13(3,4)5)12(18)11-10(14)9(7-2)15-16-11/h6H,1,7-8,14H2,2-5H3,(H,15,16). The molecule has 0 fully saturated rings. The molecule has 0 unspecified atom stereocenters. The zero-order chi connectivity index (χ0) is 13.9. The minimum Gasteiger partial charge on any atom is -0.395 e. The van der Waals surface area contributed by atoms with E-state index in [1.807, 2.05) is 27.7 Å². The predicted molar refractivity (Wildman–Crippen MR) is 73.4 cm³/mol. The SMILES string of the molecule is C=CCN(C(=O)c1n[nH]c(CC)c1N)C(C)(C)C. The molecule has 5 heteroatoms. The van der Waals surface area contributed by atoms with Crippen molar-refractivity contribution in [3.05, 3.63) is 24.0 Å². The van der Waals surface area contributed by atoms with E-state index in [0.717, 1.165) is 12.1 Å². The van der Waals surface area contributed by atoms with Crippen LogP contribution in [0, 0.1) is 0 Å². The number of rotatable bonds is 4. The molecule has 1 rings (SSSR count). The topological polar surface area (TPSA) is 75.0 Å². The summed E-state index contributed by atoms with van der Waals surface area (Å²) in [5, 5.41) is 6.83. The maximum atomic E-state index is 12.4. The molecule has 0 aliphatic heterocycles. The third kappa shape index (κ3) is 2.72. The number of nitrogens with one attached hydrogen (secondary N) is 1. The third-order valence-corrected chi connectivity index (χ3v) is 2.81. The summed E-state index contributed by atoms with van der Waals surface area (Å²) in [6.07, 6.45) is 2.43. The Morgan fingerprint density at radius 3 is 2.56 bits per heavy atom. The van der Waals surface area contributed by atoms with E-state index < -0.39 is 0 Å². The van der Waals surface area contributed by atoms with Crippen molar-refractivity contribution in [1.82, 2.24) is 15.1 Å². The number of hydrogen-bond donors (Lipinski definition) is 2. The lowest BCUT2D eigenvalue weighted by atomic mass is 10.0. The first-order valence-corrected chi connectivity index (χ1v) is 6.08. The van der Waals surface area contributed by atoms with Gasteiger partial charge in [0.05, 0.1) is 11.4 Å². The van der Waals surface area contributed by atoms with Crippen molar-refractivity contribution in [3.8, 4) is 0 Å². The molecule has 0 aliphatic rings. The first kappa shape index (κ1) is 14.3. The predicted octanol–water partition coefficient (Wildman–Crippen LogP) is 1.98. The highest BCUT2D eigenvalue weighted by molar-refractivity contribution is 5.98. The van der Waals surface area contributed by atoms with Gasteiger partial charge in [-0.2, -0.15) is 5.10 Å². The molecule has 0 radical (unpaired) electrons. The number of H-pyrrole nitrogens is 1. The number of aryl methyl sites for hydroxylation is 1. The van der Waals surface area contributed by atoms with Gasteiger partial charge in [-0.3, -0.25) is 9.89 Å². The van der Waals surface area contributed by atoms with E-state index in [1.165, 1.54) is 0 Å². The number of hydrogen-bond acceptors (Lipinski definition) is 3. The fourth-order valence-electron chi connectivity index (χ4n) is 1.74. The molecule has 0 aromatic carbocycles. The van der Waals surface area contributed by atoms with Crippen molar-refractivity contribution < 1.29 is 4.79 Å². The monoisotopic (exact) mass is 250 g/mol. The van der Waals surface area contributed by atoms with Crippen LogP contribution in [-0.4, -0.2) is 33.1 Å². The Labute approximate surface area is 108 Å². The van der Waals surface area contributed by atoms with Gasteiger partial charge in [-0.25, -0.2) is 0 Å². The van der Waals surface area contributed by atoms with Crippen LogP contribution in [0.2, 0.25) is 0 Å². The summed E-state index contributed by atoms with van der Waals surface area (Å²) in [5.74, 6) is -0.171. The van der Waals surface area contributed by atoms with Crippen molar-refractivity contribution in [2.45, 2.75) is 39.7 Å². The first-order chi connectivity index (χ1) is 8.32. The minimum atomic E-state index is -0.303. The molecular weight excluding hydrogens is 228 g/mol. The smallest absolute Gasteiger partial charge is 0.277 e. The molecule has 0 spiro atoms. The Kier molecular flexibility index (Phi) is 4.16. The number of aromatic amines is 1. The summed E-state index contributed by atoms with van der Waals surface area (Å²) in [5.41, 5.74) is 7.16. The number of carbonyl (C=O) groups is 1. The molecule has 0 saturated carbocycles. The van der Waals surface area contributed by atoms with Crippen LogP contribution in [-0.2, 0) is 6.42 Å². The molecule has 18 heavy (non-hydrogen) atoms. The molecule has 0 saturated heterocycles. The van der Waals surface area contributed by atoms with Crippen LogP contribution in [0.4, 0.5) is 5.69 Å². The molecule has 100 valence electrons. The number of nitrogen functional groups attached to an aromatic ring is 1. The number of nitrogens with zero attached hydrogens (tertiary/aromatic N) is 2. The molecule has 1 aromatic heterocycles. The van der Waals surface area contributed by atoms with Crippen LogP contribution in [0.1, 0.15) is 43.9 Å². The average Bonchev–Trinajstić information content (AvgIpc) is 2.65. The molecular formula is C13H22N4O. The van der Waals surface area contributed by atoms with Crippen LogP contribution < -0.4 is 5.73 Å². The Hall–Kier alpha value is -1.78. The highest BCUT2D eigenvalue weighted by Crippen LogP contribution is 2.21. The zero-order valence-electron chi connectivity index (χ0n) is 11.6. The van der Waals surface area contributed by atoms with Crippen LogP contribution >= 0.6 is 0 Å².